The lowest BCUT2D eigenvalue weighted by Crippen LogP contribution is -2.43. The molecule has 1 N–H and O–H groups in total. The molecule has 0 aromatic heterocycles. The molecular weight excluding hydrogens is 232 g/mol. The van der Waals surface area contributed by atoms with Crippen LogP contribution in [0.4, 0.5) is 0 Å². The minimum absolute atomic E-state index is 0.555. The maximum Gasteiger partial charge on any atom is 0.0623 e. The number of nitrogens with one attached hydrogen (secondary N) is 1. The molecule has 1 aliphatic heterocycles. The van der Waals surface area contributed by atoms with Crippen LogP contribution in [0, 0.1) is 5.92 Å². The molecule has 1 saturated heterocycles. The number of rotatable bonds is 8. The van der Waals surface area contributed by atoms with Gasteiger partial charge in [-0.15, -0.1) is 0 Å². The van der Waals surface area contributed by atoms with E-state index in [0.717, 1.165) is 26.3 Å². The lowest BCUT2D eigenvalue weighted by Gasteiger charge is -2.29. The summed E-state index contributed by atoms with van der Waals surface area (Å²) in [6.45, 7) is 8.57. The van der Waals surface area contributed by atoms with Crippen LogP contribution < -0.4 is 5.32 Å². The first-order valence-electron chi connectivity index (χ1n) is 6.69. The van der Waals surface area contributed by atoms with Crippen molar-refractivity contribution < 1.29 is 4.74 Å². The van der Waals surface area contributed by atoms with E-state index in [9.17, 15) is 0 Å². The molecule has 1 rings (SSSR count). The Morgan fingerprint density at radius 1 is 1.47 bits per heavy atom. The van der Waals surface area contributed by atoms with Crippen LogP contribution in [-0.4, -0.2) is 62.3 Å². The number of ether oxygens (including phenoxy) is 1. The van der Waals surface area contributed by atoms with Gasteiger partial charge in [0.05, 0.1) is 13.2 Å². The molecule has 4 heteroatoms. The highest BCUT2D eigenvalue weighted by atomic mass is 32.2. The summed E-state index contributed by atoms with van der Waals surface area (Å²) in [6.07, 6.45) is 3.37. The van der Waals surface area contributed by atoms with Crippen LogP contribution in [0.25, 0.3) is 0 Å². The predicted octanol–water partition coefficient (Wildman–Crippen LogP) is 1.68. The van der Waals surface area contributed by atoms with E-state index in [1.165, 1.54) is 12.2 Å². The van der Waals surface area contributed by atoms with Gasteiger partial charge in [0.1, 0.15) is 0 Å². The molecular formula is C13H28N2OS. The summed E-state index contributed by atoms with van der Waals surface area (Å²) in [5.41, 5.74) is 0. The topological polar surface area (TPSA) is 24.5 Å². The van der Waals surface area contributed by atoms with Crippen molar-refractivity contribution in [3.8, 4) is 0 Å². The summed E-state index contributed by atoms with van der Waals surface area (Å²) in [5, 5.41) is 3.60. The Labute approximate surface area is 111 Å². The Kier molecular flexibility index (Phi) is 7.51. The van der Waals surface area contributed by atoms with E-state index in [-0.39, 0.29) is 0 Å². The van der Waals surface area contributed by atoms with Crippen LogP contribution in [0.3, 0.4) is 0 Å². The van der Waals surface area contributed by atoms with E-state index >= 15 is 0 Å². The Bertz CT molecular complexity index is 204. The summed E-state index contributed by atoms with van der Waals surface area (Å²) >= 11 is 1.92. The van der Waals surface area contributed by atoms with E-state index in [1.807, 2.05) is 11.8 Å². The largest absolute Gasteiger partial charge is 0.379 e. The fourth-order valence-corrected chi connectivity index (χ4v) is 2.99. The van der Waals surface area contributed by atoms with Crippen molar-refractivity contribution in [3.63, 3.8) is 0 Å². The molecule has 0 aliphatic carbocycles. The number of hydrogen-bond donors (Lipinski definition) is 1. The molecule has 0 bridgehead atoms. The maximum absolute atomic E-state index is 5.61. The second-order valence-corrected chi connectivity index (χ2v) is 6.01. The number of thioether (sulfide) groups is 1. The third-order valence-corrected chi connectivity index (χ3v) is 4.35. The van der Waals surface area contributed by atoms with E-state index in [2.05, 4.69) is 37.4 Å². The fourth-order valence-electron chi connectivity index (χ4n) is 2.25. The Morgan fingerprint density at radius 2 is 2.24 bits per heavy atom. The summed E-state index contributed by atoms with van der Waals surface area (Å²) < 4.78 is 5.61. The summed E-state index contributed by atoms with van der Waals surface area (Å²) in [7, 11) is 2.23. The Morgan fingerprint density at radius 3 is 2.88 bits per heavy atom. The van der Waals surface area contributed by atoms with Gasteiger partial charge in [-0.2, -0.15) is 11.8 Å². The number of nitrogens with zero attached hydrogens (tertiary/aromatic N) is 1. The molecule has 102 valence electrons. The molecule has 0 aromatic carbocycles. The van der Waals surface area contributed by atoms with Crippen molar-refractivity contribution in [3.05, 3.63) is 0 Å². The predicted molar refractivity (Wildman–Crippen MR) is 76.9 cm³/mol. The smallest absolute Gasteiger partial charge is 0.0623 e. The molecule has 1 fully saturated rings. The van der Waals surface area contributed by atoms with Crippen molar-refractivity contribution in [2.45, 2.75) is 32.4 Å². The summed E-state index contributed by atoms with van der Waals surface area (Å²) in [6, 6.07) is 1.20. The van der Waals surface area contributed by atoms with Crippen molar-refractivity contribution in [2.24, 2.45) is 5.92 Å². The lowest BCUT2D eigenvalue weighted by atomic mass is 10.0. The van der Waals surface area contributed by atoms with Gasteiger partial charge in [-0.25, -0.2) is 0 Å². The molecule has 1 heterocycles. The van der Waals surface area contributed by atoms with Gasteiger partial charge in [0, 0.05) is 30.3 Å². The molecule has 3 unspecified atom stereocenters. The van der Waals surface area contributed by atoms with Crippen LogP contribution in [0.2, 0.25) is 0 Å². The van der Waals surface area contributed by atoms with Crippen molar-refractivity contribution in [1.29, 1.82) is 0 Å². The molecule has 3 nitrogen and oxygen atoms in total. The SMILES string of the molecule is CCCNC1COCC1CN(C)C(C)CSC. The van der Waals surface area contributed by atoms with E-state index in [4.69, 9.17) is 4.74 Å². The van der Waals surface area contributed by atoms with Crippen LogP contribution in [0.1, 0.15) is 20.3 Å². The first-order valence-corrected chi connectivity index (χ1v) is 8.08. The van der Waals surface area contributed by atoms with Gasteiger partial charge >= 0.3 is 0 Å². The van der Waals surface area contributed by atoms with Gasteiger partial charge in [0.2, 0.25) is 0 Å². The van der Waals surface area contributed by atoms with Crippen LogP contribution in [0.15, 0.2) is 0 Å². The second kappa shape index (κ2) is 8.35. The third kappa shape index (κ3) is 5.16. The van der Waals surface area contributed by atoms with E-state index in [0.29, 0.717) is 18.0 Å². The second-order valence-electron chi connectivity index (χ2n) is 5.10. The van der Waals surface area contributed by atoms with Gasteiger partial charge in [-0.05, 0) is 33.2 Å². The molecule has 1 aliphatic rings. The zero-order valence-electron chi connectivity index (χ0n) is 11.7. The maximum atomic E-state index is 5.61. The highest BCUT2D eigenvalue weighted by Gasteiger charge is 2.29. The molecule has 0 radical (unpaired) electrons. The average Bonchev–Trinajstić information content (AvgIpc) is 2.74. The summed E-state index contributed by atoms with van der Waals surface area (Å²) in [4.78, 5) is 2.47. The zero-order valence-corrected chi connectivity index (χ0v) is 12.6. The first kappa shape index (κ1) is 15.3. The van der Waals surface area contributed by atoms with Gasteiger partial charge < -0.3 is 15.0 Å². The lowest BCUT2D eigenvalue weighted by molar-refractivity contribution is 0.167. The standard InChI is InChI=1S/C13H28N2OS/c1-5-6-14-13-9-16-8-12(13)7-15(3)11(2)10-17-4/h11-14H,5-10H2,1-4H3. The van der Waals surface area contributed by atoms with Crippen molar-refractivity contribution >= 4 is 11.8 Å². The van der Waals surface area contributed by atoms with E-state index in [1.54, 1.807) is 0 Å². The van der Waals surface area contributed by atoms with Crippen LogP contribution in [-0.2, 0) is 4.74 Å². The van der Waals surface area contributed by atoms with Gasteiger partial charge in [0.15, 0.2) is 0 Å². The number of hydrogen-bond acceptors (Lipinski definition) is 4. The quantitative estimate of drug-likeness (QED) is 0.718. The minimum Gasteiger partial charge on any atom is -0.379 e. The monoisotopic (exact) mass is 260 g/mol. The van der Waals surface area contributed by atoms with Gasteiger partial charge in [0.25, 0.3) is 0 Å². The molecule has 0 spiro atoms. The molecule has 0 aromatic rings. The first-order chi connectivity index (χ1) is 8.19. The van der Waals surface area contributed by atoms with Crippen LogP contribution >= 0.6 is 11.8 Å². The Balaban J connectivity index is 2.33. The third-order valence-electron chi connectivity index (χ3n) is 3.54. The van der Waals surface area contributed by atoms with Gasteiger partial charge in [-0.3, -0.25) is 0 Å². The molecule has 0 saturated carbocycles. The van der Waals surface area contributed by atoms with Crippen molar-refractivity contribution in [2.75, 3.05) is 45.4 Å². The summed E-state index contributed by atoms with van der Waals surface area (Å²) in [5.74, 6) is 1.85. The highest BCUT2D eigenvalue weighted by molar-refractivity contribution is 7.98. The fraction of sp³-hybridized carbons (Fsp3) is 1.00. The Hall–Kier alpha value is 0.230. The minimum atomic E-state index is 0.555. The zero-order chi connectivity index (χ0) is 12.7. The van der Waals surface area contributed by atoms with Crippen LogP contribution in [0.5, 0.6) is 0 Å². The van der Waals surface area contributed by atoms with Crippen molar-refractivity contribution in [1.82, 2.24) is 10.2 Å². The van der Waals surface area contributed by atoms with E-state index < -0.39 is 0 Å². The molecule has 3 atom stereocenters. The average molecular weight is 260 g/mol. The highest BCUT2D eigenvalue weighted by Crippen LogP contribution is 2.16. The molecule has 17 heavy (non-hydrogen) atoms. The van der Waals surface area contributed by atoms with Gasteiger partial charge in [-0.1, -0.05) is 6.92 Å². The molecule has 0 amide bonds. The normalized spacial score (nSPS) is 26.6.